The quantitative estimate of drug-likeness (QED) is 0.499. The monoisotopic (exact) mass is 429 g/mol. The normalized spacial score (nSPS) is 14.2. The summed E-state index contributed by atoms with van der Waals surface area (Å²) in [4.78, 5) is 19.7. The lowest BCUT2D eigenvalue weighted by Gasteiger charge is -2.37. The van der Waals surface area contributed by atoms with Gasteiger partial charge >= 0.3 is 5.97 Å². The summed E-state index contributed by atoms with van der Waals surface area (Å²) < 4.78 is 5.04. The molecule has 4 rings (SSSR count). The zero-order chi connectivity index (χ0) is 22.2. The molecule has 1 fully saturated rings. The Kier molecular flexibility index (Phi) is 7.41. The van der Waals surface area contributed by atoms with E-state index >= 15 is 0 Å². The van der Waals surface area contributed by atoms with Crippen LogP contribution < -0.4 is 9.80 Å². The Morgan fingerprint density at radius 3 is 2.16 bits per heavy atom. The van der Waals surface area contributed by atoms with Crippen LogP contribution in [0.5, 0.6) is 0 Å². The lowest BCUT2D eigenvalue weighted by Crippen LogP contribution is -2.48. The van der Waals surface area contributed by atoms with Crippen molar-refractivity contribution in [3.63, 3.8) is 0 Å². The number of hydrogen-bond acceptors (Lipinski definition) is 5. The van der Waals surface area contributed by atoms with E-state index in [1.807, 2.05) is 30.3 Å². The van der Waals surface area contributed by atoms with E-state index in [1.54, 1.807) is 0 Å². The van der Waals surface area contributed by atoms with Gasteiger partial charge in [0.25, 0.3) is 0 Å². The van der Waals surface area contributed by atoms with Gasteiger partial charge in [0.1, 0.15) is 0 Å². The molecule has 0 atom stereocenters. The molecule has 0 unspecified atom stereocenters. The van der Waals surface area contributed by atoms with Crippen molar-refractivity contribution in [2.24, 2.45) is 0 Å². The molecule has 0 aliphatic carbocycles. The van der Waals surface area contributed by atoms with Crippen molar-refractivity contribution in [2.75, 3.05) is 56.2 Å². The summed E-state index contributed by atoms with van der Waals surface area (Å²) in [6, 6.07) is 28.8. The van der Waals surface area contributed by atoms with Crippen LogP contribution in [0.4, 0.5) is 11.4 Å². The van der Waals surface area contributed by atoms with Crippen LogP contribution in [0.3, 0.4) is 0 Å². The molecule has 0 spiro atoms. The molecule has 0 saturated carbocycles. The average Bonchev–Trinajstić information content (AvgIpc) is 2.87. The molecule has 5 heteroatoms. The number of nitrogens with zero attached hydrogens (tertiary/aromatic N) is 3. The Morgan fingerprint density at radius 2 is 1.47 bits per heavy atom. The molecule has 1 saturated heterocycles. The van der Waals surface area contributed by atoms with E-state index in [4.69, 9.17) is 4.74 Å². The van der Waals surface area contributed by atoms with E-state index in [-0.39, 0.29) is 5.97 Å². The van der Waals surface area contributed by atoms with Crippen LogP contribution >= 0.6 is 0 Å². The smallest absolute Gasteiger partial charge is 0.339 e. The number of esters is 1. The van der Waals surface area contributed by atoms with E-state index < -0.39 is 0 Å². The summed E-state index contributed by atoms with van der Waals surface area (Å²) in [6.07, 6.45) is 0. The molecule has 3 aromatic carbocycles. The third kappa shape index (κ3) is 5.48. The summed E-state index contributed by atoms with van der Waals surface area (Å²) in [6.45, 7) is 6.67. The first-order valence-corrected chi connectivity index (χ1v) is 11.2. The van der Waals surface area contributed by atoms with Crippen LogP contribution in [0, 0.1) is 0 Å². The van der Waals surface area contributed by atoms with Crippen molar-refractivity contribution in [1.82, 2.24) is 4.90 Å². The minimum absolute atomic E-state index is 0.296. The number of methoxy groups -OCH3 is 1. The topological polar surface area (TPSA) is 36.0 Å². The van der Waals surface area contributed by atoms with Crippen molar-refractivity contribution in [1.29, 1.82) is 0 Å². The van der Waals surface area contributed by atoms with Gasteiger partial charge in [-0.25, -0.2) is 4.79 Å². The number of ether oxygens (including phenoxy) is 1. The van der Waals surface area contributed by atoms with Gasteiger partial charge in [-0.05, 0) is 29.8 Å². The van der Waals surface area contributed by atoms with E-state index in [2.05, 4.69) is 69.3 Å². The lowest BCUT2D eigenvalue weighted by atomic mass is 10.1. The fourth-order valence-electron chi connectivity index (χ4n) is 4.25. The third-order valence-electron chi connectivity index (χ3n) is 6.05. The number of benzene rings is 3. The highest BCUT2D eigenvalue weighted by Gasteiger charge is 2.20. The van der Waals surface area contributed by atoms with Crippen LogP contribution in [0.1, 0.15) is 15.9 Å². The van der Waals surface area contributed by atoms with Crippen molar-refractivity contribution < 1.29 is 9.53 Å². The largest absolute Gasteiger partial charge is 0.465 e. The molecular weight excluding hydrogens is 398 g/mol. The Labute approximate surface area is 190 Å². The molecule has 1 heterocycles. The zero-order valence-electron chi connectivity index (χ0n) is 18.7. The minimum Gasteiger partial charge on any atom is -0.465 e. The molecule has 0 bridgehead atoms. The van der Waals surface area contributed by atoms with Gasteiger partial charge in [0, 0.05) is 51.5 Å². The highest BCUT2D eigenvalue weighted by atomic mass is 16.5. The van der Waals surface area contributed by atoms with Crippen LogP contribution in [0.15, 0.2) is 84.9 Å². The molecule has 0 radical (unpaired) electrons. The number of hydrogen-bond donors (Lipinski definition) is 0. The lowest BCUT2D eigenvalue weighted by molar-refractivity contribution is 0.0601. The standard InChI is InChI=1S/C27H31N3O2/c1-32-27(31)25-14-8-9-15-26(25)30(22-23-10-4-2-5-11-23)21-18-28-16-19-29(20-17-28)24-12-6-3-7-13-24/h2-15H,16-22H2,1H3. The summed E-state index contributed by atoms with van der Waals surface area (Å²) in [5, 5.41) is 0. The maximum Gasteiger partial charge on any atom is 0.339 e. The van der Waals surface area contributed by atoms with Gasteiger partial charge < -0.3 is 14.5 Å². The molecule has 1 aliphatic heterocycles. The summed E-state index contributed by atoms with van der Waals surface area (Å²) in [5.41, 5.74) is 4.05. The Hall–Kier alpha value is -3.31. The van der Waals surface area contributed by atoms with Gasteiger partial charge in [-0.3, -0.25) is 4.90 Å². The summed E-state index contributed by atoms with van der Waals surface area (Å²) >= 11 is 0. The first-order chi connectivity index (χ1) is 15.7. The van der Waals surface area contributed by atoms with Crippen LogP contribution in [0.2, 0.25) is 0 Å². The number of carbonyl (C=O) groups is 1. The molecule has 166 valence electrons. The fourth-order valence-corrected chi connectivity index (χ4v) is 4.25. The molecule has 1 aliphatic rings. The van der Waals surface area contributed by atoms with Gasteiger partial charge in [-0.1, -0.05) is 60.7 Å². The number of para-hydroxylation sites is 2. The maximum absolute atomic E-state index is 12.4. The predicted molar refractivity (Wildman–Crippen MR) is 130 cm³/mol. The van der Waals surface area contributed by atoms with E-state index in [0.717, 1.165) is 51.5 Å². The second-order valence-electron chi connectivity index (χ2n) is 8.08. The SMILES string of the molecule is COC(=O)c1ccccc1N(CCN1CCN(c2ccccc2)CC1)Cc1ccccc1. The second-order valence-corrected chi connectivity index (χ2v) is 8.08. The van der Waals surface area contributed by atoms with E-state index in [1.165, 1.54) is 18.4 Å². The van der Waals surface area contributed by atoms with Crippen LogP contribution in [0.25, 0.3) is 0 Å². The molecule has 3 aromatic rings. The van der Waals surface area contributed by atoms with Gasteiger partial charge in [-0.15, -0.1) is 0 Å². The van der Waals surface area contributed by atoms with Gasteiger partial charge in [-0.2, -0.15) is 0 Å². The predicted octanol–water partition coefficient (Wildman–Crippen LogP) is 4.30. The van der Waals surface area contributed by atoms with Crippen molar-refractivity contribution >= 4 is 17.3 Å². The maximum atomic E-state index is 12.4. The first kappa shape index (κ1) is 21.9. The molecule has 5 nitrogen and oxygen atoms in total. The van der Waals surface area contributed by atoms with Crippen molar-refractivity contribution in [2.45, 2.75) is 6.54 Å². The van der Waals surface area contributed by atoms with Gasteiger partial charge in [0.05, 0.1) is 18.4 Å². The van der Waals surface area contributed by atoms with Crippen LogP contribution in [-0.2, 0) is 11.3 Å². The Balaban J connectivity index is 1.44. The van der Waals surface area contributed by atoms with Crippen LogP contribution in [-0.4, -0.2) is 57.2 Å². The molecular formula is C27H31N3O2. The molecule has 0 N–H and O–H groups in total. The highest BCUT2D eigenvalue weighted by molar-refractivity contribution is 5.95. The molecule has 0 amide bonds. The second kappa shape index (κ2) is 10.8. The van der Waals surface area contributed by atoms with Gasteiger partial charge in [0.2, 0.25) is 0 Å². The van der Waals surface area contributed by atoms with E-state index in [0.29, 0.717) is 5.56 Å². The summed E-state index contributed by atoms with van der Waals surface area (Å²) in [7, 11) is 1.44. The Morgan fingerprint density at radius 1 is 0.844 bits per heavy atom. The minimum atomic E-state index is -0.296. The average molecular weight is 430 g/mol. The number of anilines is 2. The third-order valence-corrected chi connectivity index (χ3v) is 6.05. The van der Waals surface area contributed by atoms with E-state index in [9.17, 15) is 4.79 Å². The number of carbonyl (C=O) groups excluding carboxylic acids is 1. The van der Waals surface area contributed by atoms with Gasteiger partial charge in [0.15, 0.2) is 0 Å². The first-order valence-electron chi connectivity index (χ1n) is 11.2. The molecule has 32 heavy (non-hydrogen) atoms. The fraction of sp³-hybridized carbons (Fsp3) is 0.296. The molecule has 0 aromatic heterocycles. The number of piperazine rings is 1. The zero-order valence-corrected chi connectivity index (χ0v) is 18.7. The highest BCUT2D eigenvalue weighted by Crippen LogP contribution is 2.24. The Bertz CT molecular complexity index is 986. The van der Waals surface area contributed by atoms with Crippen molar-refractivity contribution in [3.8, 4) is 0 Å². The summed E-state index contributed by atoms with van der Waals surface area (Å²) in [5.74, 6) is -0.296. The number of rotatable bonds is 8. The van der Waals surface area contributed by atoms with Crippen molar-refractivity contribution in [3.05, 3.63) is 96.1 Å².